The highest BCUT2D eigenvalue weighted by Crippen LogP contribution is 2.25. The minimum absolute atomic E-state index is 0.368. The lowest BCUT2D eigenvalue weighted by atomic mass is 9.93. The Morgan fingerprint density at radius 3 is 2.21 bits per heavy atom. The number of likely N-dealkylation sites (N-methyl/N-ethyl adjacent to an activating group) is 1. The van der Waals surface area contributed by atoms with Gasteiger partial charge >= 0.3 is 0 Å². The molecule has 2 aromatic carbocycles. The maximum Gasteiger partial charge on any atom is 0.0369 e. The first kappa shape index (κ1) is 14.5. The zero-order chi connectivity index (χ0) is 13.8. The summed E-state index contributed by atoms with van der Waals surface area (Å²) in [6.07, 6.45) is 1.04. The number of hydrogen-bond donors (Lipinski definition) is 1. The van der Waals surface area contributed by atoms with E-state index >= 15 is 0 Å². The molecule has 0 fully saturated rings. The summed E-state index contributed by atoms with van der Waals surface area (Å²) < 4.78 is 1.32. The Hall–Kier alpha value is -0.870. The van der Waals surface area contributed by atoms with E-state index in [-0.39, 0.29) is 0 Å². The van der Waals surface area contributed by atoms with Crippen molar-refractivity contribution >= 4 is 22.6 Å². The SMILES string of the molecule is CNC(Cc1c(C)cccc1C)c1ccccc1I. The maximum absolute atomic E-state index is 3.46. The lowest BCUT2D eigenvalue weighted by Gasteiger charge is -2.20. The molecule has 1 nitrogen and oxygen atoms in total. The maximum atomic E-state index is 3.46. The molecule has 0 aromatic heterocycles. The van der Waals surface area contributed by atoms with Crippen molar-refractivity contribution in [2.45, 2.75) is 26.3 Å². The van der Waals surface area contributed by atoms with Crippen molar-refractivity contribution in [3.63, 3.8) is 0 Å². The van der Waals surface area contributed by atoms with Crippen LogP contribution in [0.3, 0.4) is 0 Å². The van der Waals surface area contributed by atoms with Crippen LogP contribution in [-0.4, -0.2) is 7.05 Å². The first-order valence-electron chi connectivity index (χ1n) is 6.60. The first-order valence-corrected chi connectivity index (χ1v) is 7.68. The molecule has 0 saturated heterocycles. The van der Waals surface area contributed by atoms with E-state index in [9.17, 15) is 0 Å². The van der Waals surface area contributed by atoms with Crippen LogP contribution in [0.25, 0.3) is 0 Å². The molecule has 19 heavy (non-hydrogen) atoms. The van der Waals surface area contributed by atoms with Crippen molar-refractivity contribution in [2.24, 2.45) is 0 Å². The van der Waals surface area contributed by atoms with Crippen LogP contribution in [0.15, 0.2) is 42.5 Å². The Balaban J connectivity index is 2.32. The fourth-order valence-electron chi connectivity index (χ4n) is 2.50. The van der Waals surface area contributed by atoms with Gasteiger partial charge in [-0.05, 0) is 78.2 Å². The highest BCUT2D eigenvalue weighted by Gasteiger charge is 2.15. The molecule has 2 rings (SSSR count). The Bertz CT molecular complexity index is 543. The molecule has 0 saturated carbocycles. The summed E-state index contributed by atoms with van der Waals surface area (Å²) in [6.45, 7) is 4.40. The Labute approximate surface area is 129 Å². The van der Waals surface area contributed by atoms with Gasteiger partial charge < -0.3 is 5.32 Å². The minimum Gasteiger partial charge on any atom is -0.313 e. The van der Waals surface area contributed by atoms with Gasteiger partial charge in [0, 0.05) is 9.61 Å². The fourth-order valence-corrected chi connectivity index (χ4v) is 3.26. The summed E-state index contributed by atoms with van der Waals surface area (Å²) in [6, 6.07) is 15.5. The van der Waals surface area contributed by atoms with Crippen LogP contribution in [-0.2, 0) is 6.42 Å². The largest absolute Gasteiger partial charge is 0.313 e. The number of nitrogens with one attached hydrogen (secondary N) is 1. The lowest BCUT2D eigenvalue weighted by molar-refractivity contribution is 0.586. The van der Waals surface area contributed by atoms with Gasteiger partial charge in [0.1, 0.15) is 0 Å². The van der Waals surface area contributed by atoms with E-state index in [2.05, 4.69) is 84.2 Å². The molecular formula is C17H20IN. The van der Waals surface area contributed by atoms with Crippen molar-refractivity contribution in [1.29, 1.82) is 0 Å². The van der Waals surface area contributed by atoms with E-state index in [0.29, 0.717) is 6.04 Å². The second kappa shape index (κ2) is 6.53. The first-order chi connectivity index (χ1) is 9.13. The third-order valence-electron chi connectivity index (χ3n) is 3.68. The second-order valence-electron chi connectivity index (χ2n) is 4.94. The third-order valence-corrected chi connectivity index (χ3v) is 4.66. The Morgan fingerprint density at radius 2 is 1.63 bits per heavy atom. The van der Waals surface area contributed by atoms with Gasteiger partial charge in [0.2, 0.25) is 0 Å². The molecule has 0 aliphatic rings. The normalized spacial score (nSPS) is 12.4. The van der Waals surface area contributed by atoms with Gasteiger partial charge in [-0.1, -0.05) is 36.4 Å². The summed E-state index contributed by atoms with van der Waals surface area (Å²) in [7, 11) is 2.04. The van der Waals surface area contributed by atoms with Crippen LogP contribution < -0.4 is 5.32 Å². The molecule has 0 bridgehead atoms. The number of benzene rings is 2. The summed E-state index contributed by atoms with van der Waals surface area (Å²) in [5.74, 6) is 0. The fraction of sp³-hybridized carbons (Fsp3) is 0.294. The zero-order valence-electron chi connectivity index (χ0n) is 11.7. The highest BCUT2D eigenvalue weighted by atomic mass is 127. The molecule has 1 N–H and O–H groups in total. The number of rotatable bonds is 4. The van der Waals surface area contributed by atoms with Gasteiger partial charge in [0.25, 0.3) is 0 Å². The van der Waals surface area contributed by atoms with E-state index in [1.54, 1.807) is 0 Å². The topological polar surface area (TPSA) is 12.0 Å². The van der Waals surface area contributed by atoms with E-state index in [4.69, 9.17) is 0 Å². The van der Waals surface area contributed by atoms with Crippen molar-refractivity contribution < 1.29 is 0 Å². The van der Waals surface area contributed by atoms with E-state index < -0.39 is 0 Å². The minimum atomic E-state index is 0.368. The smallest absolute Gasteiger partial charge is 0.0369 e. The molecule has 2 aromatic rings. The molecule has 0 aliphatic carbocycles. The molecule has 0 aliphatic heterocycles. The third kappa shape index (κ3) is 3.37. The number of halogens is 1. The van der Waals surface area contributed by atoms with Gasteiger partial charge in [0.15, 0.2) is 0 Å². The average molecular weight is 365 g/mol. The van der Waals surface area contributed by atoms with Crippen molar-refractivity contribution in [3.05, 3.63) is 68.3 Å². The molecule has 2 heteroatoms. The van der Waals surface area contributed by atoms with Gasteiger partial charge in [-0.2, -0.15) is 0 Å². The van der Waals surface area contributed by atoms with E-state index in [0.717, 1.165) is 6.42 Å². The number of hydrogen-bond acceptors (Lipinski definition) is 1. The van der Waals surface area contributed by atoms with Crippen LogP contribution in [0.1, 0.15) is 28.3 Å². The molecule has 0 spiro atoms. The van der Waals surface area contributed by atoms with Crippen LogP contribution in [0.5, 0.6) is 0 Å². The molecular weight excluding hydrogens is 345 g/mol. The Kier molecular flexibility index (Phi) is 4.99. The van der Waals surface area contributed by atoms with Gasteiger partial charge in [-0.3, -0.25) is 0 Å². The van der Waals surface area contributed by atoms with E-state index in [1.165, 1.54) is 25.8 Å². The van der Waals surface area contributed by atoms with Gasteiger partial charge in [-0.25, -0.2) is 0 Å². The van der Waals surface area contributed by atoms with Crippen molar-refractivity contribution in [1.82, 2.24) is 5.32 Å². The summed E-state index contributed by atoms with van der Waals surface area (Å²) in [4.78, 5) is 0. The molecule has 1 unspecified atom stereocenters. The molecule has 1 atom stereocenters. The lowest BCUT2D eigenvalue weighted by Crippen LogP contribution is -2.20. The predicted octanol–water partition coefficient (Wildman–Crippen LogP) is 4.41. The second-order valence-corrected chi connectivity index (χ2v) is 6.10. The molecule has 0 amide bonds. The predicted molar refractivity (Wildman–Crippen MR) is 90.6 cm³/mol. The Morgan fingerprint density at radius 1 is 1.00 bits per heavy atom. The molecule has 0 heterocycles. The van der Waals surface area contributed by atoms with Crippen LogP contribution in [0.2, 0.25) is 0 Å². The van der Waals surface area contributed by atoms with Gasteiger partial charge in [-0.15, -0.1) is 0 Å². The average Bonchev–Trinajstić information content (AvgIpc) is 2.40. The van der Waals surface area contributed by atoms with Crippen molar-refractivity contribution in [2.75, 3.05) is 7.05 Å². The van der Waals surface area contributed by atoms with Gasteiger partial charge in [0.05, 0.1) is 0 Å². The van der Waals surface area contributed by atoms with Crippen LogP contribution in [0, 0.1) is 17.4 Å². The standard InChI is InChI=1S/C17H20IN/c1-12-7-6-8-13(2)15(12)11-17(19-3)14-9-4-5-10-16(14)18/h4-10,17,19H,11H2,1-3H3. The van der Waals surface area contributed by atoms with Crippen LogP contribution >= 0.6 is 22.6 Å². The summed E-state index contributed by atoms with van der Waals surface area (Å²) in [5.41, 5.74) is 5.60. The van der Waals surface area contributed by atoms with E-state index in [1.807, 2.05) is 7.05 Å². The monoisotopic (exact) mass is 365 g/mol. The van der Waals surface area contributed by atoms with Crippen LogP contribution in [0.4, 0.5) is 0 Å². The molecule has 100 valence electrons. The quantitative estimate of drug-likeness (QED) is 0.792. The van der Waals surface area contributed by atoms with Crippen molar-refractivity contribution in [3.8, 4) is 0 Å². The summed E-state index contributed by atoms with van der Waals surface area (Å²) >= 11 is 2.42. The zero-order valence-corrected chi connectivity index (χ0v) is 13.9. The summed E-state index contributed by atoms with van der Waals surface area (Å²) in [5, 5.41) is 3.46. The molecule has 0 radical (unpaired) electrons. The highest BCUT2D eigenvalue weighted by molar-refractivity contribution is 14.1. The number of aryl methyl sites for hydroxylation is 2.